The highest BCUT2D eigenvalue weighted by Gasteiger charge is 2.22. The van der Waals surface area contributed by atoms with Gasteiger partial charge in [0.05, 0.1) is 0 Å². The summed E-state index contributed by atoms with van der Waals surface area (Å²) in [6.45, 7) is 21.7. The Bertz CT molecular complexity index is 1320. The number of anilines is 2. The fourth-order valence-electron chi connectivity index (χ4n) is 5.92. The number of hydrogen-bond donors (Lipinski definition) is 4. The van der Waals surface area contributed by atoms with E-state index in [1.54, 1.807) is 0 Å². The van der Waals surface area contributed by atoms with Crippen molar-refractivity contribution >= 4 is 31.6 Å². The SMILES string of the molecule is CCCCCN(CCCCC)CCCCC.CCCCCN(CCCCC)CCCCC.Nc1ccc(Oc2ccc(N)cc2S(=O)(=O)O)c(S(=O)(=O)O)c1. The molecule has 0 bridgehead atoms. The standard InChI is InChI=1S/2C15H33N.C12H12N2O7S2/c2*1-4-7-10-13-16(14-11-8-5-2)15-12-9-6-3;13-7-1-3-9(11(5-7)22(15,16)17)21-10-4-2-8(14)6-12(10)23(18,19)20/h2*4-15H2,1-3H3;1-6H,13-14H2,(H,15,16,17)(H,18,19,20). The maximum atomic E-state index is 11.4. The molecule has 0 radical (unpaired) electrons. The van der Waals surface area contributed by atoms with Crippen molar-refractivity contribution in [3.8, 4) is 11.5 Å². The van der Waals surface area contributed by atoms with Crippen molar-refractivity contribution in [3.05, 3.63) is 36.4 Å². The maximum Gasteiger partial charge on any atom is 0.298 e. The predicted octanol–water partition coefficient (Wildman–Crippen LogP) is 10.9. The number of nitrogen functional groups attached to an aromatic ring is 2. The van der Waals surface area contributed by atoms with Gasteiger partial charge >= 0.3 is 0 Å². The number of nitrogens with two attached hydrogens (primary N) is 2. The van der Waals surface area contributed by atoms with E-state index >= 15 is 0 Å². The first-order valence-corrected chi connectivity index (χ1v) is 23.9. The van der Waals surface area contributed by atoms with Gasteiger partial charge in [0.2, 0.25) is 0 Å². The van der Waals surface area contributed by atoms with Gasteiger partial charge in [-0.15, -0.1) is 0 Å². The van der Waals surface area contributed by atoms with Crippen LogP contribution in [0.5, 0.6) is 11.5 Å². The lowest BCUT2D eigenvalue weighted by molar-refractivity contribution is 0.256. The van der Waals surface area contributed by atoms with Gasteiger partial charge in [0.1, 0.15) is 21.3 Å². The molecule has 0 aliphatic carbocycles. The van der Waals surface area contributed by atoms with E-state index in [2.05, 4.69) is 51.3 Å². The summed E-state index contributed by atoms with van der Waals surface area (Å²) in [5.41, 5.74) is 11.0. The topological polar surface area (TPSA) is 176 Å². The predicted molar refractivity (Wildman–Crippen MR) is 231 cm³/mol. The molecule has 55 heavy (non-hydrogen) atoms. The second-order valence-corrected chi connectivity index (χ2v) is 17.2. The fourth-order valence-corrected chi connectivity index (χ4v) is 7.22. The van der Waals surface area contributed by atoms with Crippen LogP contribution in [0.15, 0.2) is 46.2 Å². The summed E-state index contributed by atoms with van der Waals surface area (Å²) in [5, 5.41) is 0. The van der Waals surface area contributed by atoms with Crippen LogP contribution in [0.2, 0.25) is 0 Å². The van der Waals surface area contributed by atoms with E-state index in [4.69, 9.17) is 16.2 Å². The number of ether oxygens (including phenoxy) is 1. The molecule has 0 aromatic heterocycles. The summed E-state index contributed by atoms with van der Waals surface area (Å²) in [7, 11) is -9.35. The highest BCUT2D eigenvalue weighted by atomic mass is 32.2. The number of unbranched alkanes of at least 4 members (excludes halogenated alkanes) is 12. The van der Waals surface area contributed by atoms with Crippen molar-refractivity contribution in [3.63, 3.8) is 0 Å². The molecule has 0 aliphatic rings. The lowest BCUT2D eigenvalue weighted by Gasteiger charge is -2.22. The molecule has 2 aromatic rings. The minimum Gasteiger partial charge on any atom is -0.454 e. The molecule has 0 unspecified atom stereocenters. The largest absolute Gasteiger partial charge is 0.454 e. The Hall–Kier alpha value is -2.42. The molecule has 6 N–H and O–H groups in total. The minimum atomic E-state index is -4.67. The van der Waals surface area contributed by atoms with E-state index in [9.17, 15) is 25.9 Å². The molecule has 0 amide bonds. The van der Waals surface area contributed by atoms with Crippen molar-refractivity contribution in [1.82, 2.24) is 9.80 Å². The first-order chi connectivity index (χ1) is 26.2. The van der Waals surface area contributed by atoms with E-state index in [1.165, 1.54) is 167 Å². The summed E-state index contributed by atoms with van der Waals surface area (Å²) >= 11 is 0. The molecular formula is C42H78N4O7S2. The minimum absolute atomic E-state index is 0.0392. The van der Waals surface area contributed by atoms with Gasteiger partial charge in [0.15, 0.2) is 0 Å². The first kappa shape index (κ1) is 52.6. The summed E-state index contributed by atoms with van der Waals surface area (Å²) in [5.74, 6) is -0.757. The highest BCUT2D eigenvalue weighted by Crippen LogP contribution is 2.34. The van der Waals surface area contributed by atoms with Crippen molar-refractivity contribution in [2.45, 2.75) is 167 Å². The highest BCUT2D eigenvalue weighted by molar-refractivity contribution is 7.86. The number of hydrogen-bond acceptors (Lipinski definition) is 9. The molecule has 2 aromatic carbocycles. The molecule has 11 nitrogen and oxygen atoms in total. The Morgan fingerprint density at radius 1 is 0.455 bits per heavy atom. The van der Waals surface area contributed by atoms with Gasteiger partial charge in [0.25, 0.3) is 20.2 Å². The van der Waals surface area contributed by atoms with Gasteiger partial charge in [-0.2, -0.15) is 16.8 Å². The van der Waals surface area contributed by atoms with Crippen molar-refractivity contribution in [2.75, 3.05) is 50.7 Å². The second kappa shape index (κ2) is 31.6. The Labute approximate surface area is 336 Å². The molecular weight excluding hydrogens is 737 g/mol. The third kappa shape index (κ3) is 26.2. The van der Waals surface area contributed by atoms with Crippen LogP contribution >= 0.6 is 0 Å². The van der Waals surface area contributed by atoms with Crippen LogP contribution in [0.25, 0.3) is 0 Å². The van der Waals surface area contributed by atoms with E-state index in [0.29, 0.717) is 0 Å². The van der Waals surface area contributed by atoms with Gasteiger partial charge in [-0.1, -0.05) is 119 Å². The van der Waals surface area contributed by atoms with Crippen LogP contribution in [0.1, 0.15) is 157 Å². The molecule has 0 atom stereocenters. The fraction of sp³-hybridized carbons (Fsp3) is 0.714. The summed E-state index contributed by atoms with van der Waals surface area (Å²) in [6, 6.07) is 6.71. The lowest BCUT2D eigenvalue weighted by Crippen LogP contribution is -2.27. The third-order valence-corrected chi connectivity index (χ3v) is 10.9. The molecule has 2 rings (SSSR count). The zero-order valence-electron chi connectivity index (χ0n) is 35.2. The summed E-state index contributed by atoms with van der Waals surface area (Å²) in [6.07, 6.45) is 24.9. The number of benzene rings is 2. The average molecular weight is 815 g/mol. The molecule has 0 aliphatic heterocycles. The number of rotatable bonds is 28. The quantitative estimate of drug-likeness (QED) is 0.0365. The van der Waals surface area contributed by atoms with Gasteiger partial charge in [-0.25, -0.2) is 0 Å². The Kier molecular flexibility index (Phi) is 30.2. The monoisotopic (exact) mass is 815 g/mol. The Morgan fingerprint density at radius 2 is 0.691 bits per heavy atom. The maximum absolute atomic E-state index is 11.4. The first-order valence-electron chi connectivity index (χ1n) is 21.0. The summed E-state index contributed by atoms with van der Waals surface area (Å²) < 4.78 is 69.1. The van der Waals surface area contributed by atoms with Crippen LogP contribution in [0.3, 0.4) is 0 Å². The van der Waals surface area contributed by atoms with E-state index in [1.807, 2.05) is 0 Å². The molecule has 0 saturated heterocycles. The second-order valence-electron chi connectivity index (χ2n) is 14.4. The van der Waals surface area contributed by atoms with Crippen LogP contribution in [-0.2, 0) is 20.2 Å². The summed E-state index contributed by atoms with van der Waals surface area (Å²) in [4.78, 5) is 4.08. The van der Waals surface area contributed by atoms with Crippen LogP contribution in [0, 0.1) is 0 Å². The molecule has 0 spiro atoms. The number of nitrogens with zero attached hydrogens (tertiary/aromatic N) is 2. The average Bonchev–Trinajstić information content (AvgIpc) is 3.13. The lowest BCUT2D eigenvalue weighted by atomic mass is 10.2. The third-order valence-electron chi connectivity index (χ3n) is 9.18. The van der Waals surface area contributed by atoms with Gasteiger partial charge < -0.3 is 26.0 Å². The Balaban J connectivity index is 0.000000820. The van der Waals surface area contributed by atoms with Gasteiger partial charge in [-0.05, 0) is 114 Å². The van der Waals surface area contributed by atoms with Crippen molar-refractivity contribution in [1.29, 1.82) is 0 Å². The van der Waals surface area contributed by atoms with Crippen molar-refractivity contribution in [2.24, 2.45) is 0 Å². The van der Waals surface area contributed by atoms with Crippen LogP contribution in [0.4, 0.5) is 11.4 Å². The van der Waals surface area contributed by atoms with Crippen molar-refractivity contribution < 1.29 is 30.7 Å². The molecule has 320 valence electrons. The molecule has 0 saturated carbocycles. The zero-order chi connectivity index (χ0) is 41.5. The Morgan fingerprint density at radius 3 is 0.891 bits per heavy atom. The smallest absolute Gasteiger partial charge is 0.298 e. The van der Waals surface area contributed by atoms with Gasteiger partial charge in [0, 0.05) is 11.4 Å². The van der Waals surface area contributed by atoms with Crippen LogP contribution < -0.4 is 16.2 Å². The molecule has 13 heteroatoms. The molecule has 0 heterocycles. The normalized spacial score (nSPS) is 11.6. The van der Waals surface area contributed by atoms with E-state index in [-0.39, 0.29) is 22.9 Å². The zero-order valence-corrected chi connectivity index (χ0v) is 36.9. The van der Waals surface area contributed by atoms with Gasteiger partial charge in [-0.3, -0.25) is 9.11 Å². The van der Waals surface area contributed by atoms with E-state index < -0.39 is 30.0 Å². The van der Waals surface area contributed by atoms with E-state index in [0.717, 1.165) is 24.3 Å². The molecule has 0 fully saturated rings. The van der Waals surface area contributed by atoms with Crippen LogP contribution in [-0.4, -0.2) is 75.0 Å².